The minimum absolute atomic E-state index is 1.04. The van der Waals surface area contributed by atoms with E-state index in [1.54, 1.807) is 6.26 Å². The third-order valence-corrected chi connectivity index (χ3v) is 2.02. The minimum atomic E-state index is 1.04. The summed E-state index contributed by atoms with van der Waals surface area (Å²) in [5.74, 6) is 1.05. The van der Waals surface area contributed by atoms with Gasteiger partial charge in [-0.3, -0.25) is 0 Å². The van der Waals surface area contributed by atoms with E-state index in [0.29, 0.717) is 0 Å². The number of hydrogen-bond acceptors (Lipinski definition) is 4. The number of piperazine rings is 1. The predicted molar refractivity (Wildman–Crippen MR) is 45.9 cm³/mol. The van der Waals surface area contributed by atoms with Gasteiger partial charge in [0.25, 0.3) is 0 Å². The van der Waals surface area contributed by atoms with Crippen molar-refractivity contribution in [3.8, 4) is 0 Å². The maximum atomic E-state index is 4.97. The van der Waals surface area contributed by atoms with Gasteiger partial charge >= 0.3 is 0 Å². The quantitative estimate of drug-likeness (QED) is 0.566. The fourth-order valence-corrected chi connectivity index (χ4v) is 1.37. The molecule has 1 fully saturated rings. The Labute approximate surface area is 71.8 Å². The molecule has 0 spiro atoms. The van der Waals surface area contributed by atoms with Crippen molar-refractivity contribution in [2.24, 2.45) is 0 Å². The highest BCUT2D eigenvalue weighted by atomic mass is 16.6. The van der Waals surface area contributed by atoms with Crippen molar-refractivity contribution >= 4 is 0 Å². The largest absolute Gasteiger partial charge is 0.389 e. The molecule has 2 N–H and O–H groups in total. The Morgan fingerprint density at radius 2 is 2.17 bits per heavy atom. The number of nitrogens with one attached hydrogen (secondary N) is 2. The highest BCUT2D eigenvalue weighted by Gasteiger charge is 2.13. The van der Waals surface area contributed by atoms with E-state index in [0.717, 1.165) is 32.0 Å². The maximum absolute atomic E-state index is 4.97. The van der Waals surface area contributed by atoms with E-state index in [2.05, 4.69) is 15.7 Å². The van der Waals surface area contributed by atoms with E-state index in [1.807, 2.05) is 12.2 Å². The lowest BCUT2D eigenvalue weighted by Gasteiger charge is -2.31. The lowest BCUT2D eigenvalue weighted by molar-refractivity contribution is 0.114. The normalized spacial score (nSPS) is 22.7. The number of hydrogen-bond donors (Lipinski definition) is 2. The number of hydroxylamine groups is 1. The highest BCUT2D eigenvalue weighted by molar-refractivity contribution is 5.11. The van der Waals surface area contributed by atoms with E-state index in [-0.39, 0.29) is 0 Å². The topological polar surface area (TPSA) is 36.5 Å². The average Bonchev–Trinajstić information content (AvgIpc) is 2.21. The van der Waals surface area contributed by atoms with Crippen molar-refractivity contribution in [3.05, 3.63) is 24.2 Å². The first-order chi connectivity index (χ1) is 5.97. The molecule has 12 heavy (non-hydrogen) atoms. The van der Waals surface area contributed by atoms with Gasteiger partial charge in [0.15, 0.2) is 0 Å². The number of nitrogens with zero attached hydrogens (tertiary/aromatic N) is 1. The van der Waals surface area contributed by atoms with Crippen LogP contribution in [-0.4, -0.2) is 31.1 Å². The summed E-state index contributed by atoms with van der Waals surface area (Å²) in [7, 11) is 0. The van der Waals surface area contributed by atoms with E-state index in [1.165, 1.54) is 0 Å². The zero-order valence-electron chi connectivity index (χ0n) is 6.92. The van der Waals surface area contributed by atoms with E-state index < -0.39 is 0 Å². The van der Waals surface area contributed by atoms with Crippen molar-refractivity contribution in [1.82, 2.24) is 15.7 Å². The van der Waals surface area contributed by atoms with Crippen LogP contribution in [0.25, 0.3) is 0 Å². The summed E-state index contributed by atoms with van der Waals surface area (Å²) >= 11 is 0. The number of allylic oxidation sites excluding steroid dienone is 2. The molecule has 0 atom stereocenters. The van der Waals surface area contributed by atoms with Gasteiger partial charge in [0, 0.05) is 26.2 Å². The van der Waals surface area contributed by atoms with Crippen LogP contribution in [0.3, 0.4) is 0 Å². The van der Waals surface area contributed by atoms with Gasteiger partial charge < -0.3 is 15.1 Å². The Hall–Kier alpha value is -1.16. The van der Waals surface area contributed by atoms with Crippen molar-refractivity contribution in [1.29, 1.82) is 0 Å². The minimum Gasteiger partial charge on any atom is -0.389 e. The summed E-state index contributed by atoms with van der Waals surface area (Å²) in [4.78, 5) is 7.24. The highest BCUT2D eigenvalue weighted by Crippen LogP contribution is 2.05. The van der Waals surface area contributed by atoms with E-state index >= 15 is 0 Å². The molecule has 2 rings (SSSR count). The molecule has 2 aliphatic rings. The Kier molecular flexibility index (Phi) is 2.18. The molecular weight excluding hydrogens is 154 g/mol. The zero-order valence-corrected chi connectivity index (χ0v) is 6.92. The van der Waals surface area contributed by atoms with Gasteiger partial charge in [0.2, 0.25) is 0 Å². The molecule has 0 radical (unpaired) electrons. The summed E-state index contributed by atoms with van der Waals surface area (Å²) in [6, 6.07) is 0. The van der Waals surface area contributed by atoms with Crippen molar-refractivity contribution in [2.75, 3.05) is 26.2 Å². The van der Waals surface area contributed by atoms with Crippen LogP contribution in [0, 0.1) is 0 Å². The van der Waals surface area contributed by atoms with Gasteiger partial charge in [0.05, 0.1) is 0 Å². The molecule has 0 unspecified atom stereocenters. The molecular formula is C8H13N3O. The van der Waals surface area contributed by atoms with E-state index in [9.17, 15) is 0 Å². The lowest BCUT2D eigenvalue weighted by Crippen LogP contribution is -2.45. The second kappa shape index (κ2) is 3.49. The molecule has 0 bridgehead atoms. The van der Waals surface area contributed by atoms with E-state index in [4.69, 9.17) is 4.84 Å². The molecule has 1 saturated heterocycles. The van der Waals surface area contributed by atoms with Crippen molar-refractivity contribution in [3.63, 3.8) is 0 Å². The van der Waals surface area contributed by atoms with Crippen LogP contribution in [-0.2, 0) is 4.84 Å². The number of rotatable bonds is 1. The Bertz CT molecular complexity index is 206. The molecule has 4 nitrogen and oxygen atoms in total. The Balaban J connectivity index is 1.97. The summed E-state index contributed by atoms with van der Waals surface area (Å²) in [5.41, 5.74) is 2.86. The molecule has 2 aliphatic heterocycles. The monoisotopic (exact) mass is 167 g/mol. The molecule has 0 aromatic rings. The van der Waals surface area contributed by atoms with Gasteiger partial charge in [-0.2, -0.15) is 0 Å². The fraction of sp³-hybridized carbons (Fsp3) is 0.500. The van der Waals surface area contributed by atoms with Gasteiger partial charge in [-0.15, -0.1) is 0 Å². The van der Waals surface area contributed by atoms with Gasteiger partial charge in [-0.1, -0.05) is 0 Å². The van der Waals surface area contributed by atoms with Crippen LogP contribution < -0.4 is 10.8 Å². The zero-order chi connectivity index (χ0) is 8.23. The van der Waals surface area contributed by atoms with Crippen LogP contribution in [0.1, 0.15) is 0 Å². The molecule has 66 valence electrons. The molecule has 0 saturated carbocycles. The smallest absolute Gasteiger partial charge is 0.137 e. The van der Waals surface area contributed by atoms with Crippen molar-refractivity contribution in [2.45, 2.75) is 0 Å². The van der Waals surface area contributed by atoms with Crippen LogP contribution in [0.15, 0.2) is 24.2 Å². The first-order valence-corrected chi connectivity index (χ1v) is 4.21. The standard InChI is InChI=1S/C8H13N3O/c1-2-8(10-12-7-1)11-5-3-9-4-6-11/h1-2,7,9-10H,3-6H2. The van der Waals surface area contributed by atoms with Crippen molar-refractivity contribution < 1.29 is 4.84 Å². The first kappa shape index (κ1) is 7.49. The summed E-state index contributed by atoms with van der Waals surface area (Å²) in [6.07, 6.45) is 5.55. The molecule has 0 aromatic carbocycles. The van der Waals surface area contributed by atoms with Gasteiger partial charge in [-0.25, -0.2) is 5.48 Å². The predicted octanol–water partition coefficient (Wildman–Crippen LogP) is -0.218. The Morgan fingerprint density at radius 1 is 1.33 bits per heavy atom. The van der Waals surface area contributed by atoms with Crippen LogP contribution >= 0.6 is 0 Å². The molecule has 0 amide bonds. The molecule has 2 heterocycles. The molecule has 0 aliphatic carbocycles. The summed E-state index contributed by atoms with van der Waals surface area (Å²) < 4.78 is 0. The van der Waals surface area contributed by atoms with Gasteiger partial charge in [-0.05, 0) is 12.2 Å². The second-order valence-electron chi connectivity index (χ2n) is 2.84. The first-order valence-electron chi connectivity index (χ1n) is 4.21. The van der Waals surface area contributed by atoms with Crippen LogP contribution in [0.2, 0.25) is 0 Å². The summed E-state index contributed by atoms with van der Waals surface area (Å²) in [5, 5.41) is 3.30. The van der Waals surface area contributed by atoms with Gasteiger partial charge in [0.1, 0.15) is 12.1 Å². The third-order valence-electron chi connectivity index (χ3n) is 2.02. The SMILES string of the molecule is C1=CONC(N2CCNCC2)=C1. The molecule has 4 heteroatoms. The summed E-state index contributed by atoms with van der Waals surface area (Å²) in [6.45, 7) is 4.16. The fourth-order valence-electron chi connectivity index (χ4n) is 1.37. The average molecular weight is 167 g/mol. The molecule has 0 aromatic heterocycles. The Morgan fingerprint density at radius 3 is 2.83 bits per heavy atom. The lowest BCUT2D eigenvalue weighted by atomic mass is 10.3. The second-order valence-corrected chi connectivity index (χ2v) is 2.84. The third kappa shape index (κ3) is 1.53. The maximum Gasteiger partial charge on any atom is 0.137 e. The van der Waals surface area contributed by atoms with Crippen LogP contribution in [0.4, 0.5) is 0 Å². The van der Waals surface area contributed by atoms with Crippen LogP contribution in [0.5, 0.6) is 0 Å².